The molecule has 35 heavy (non-hydrogen) atoms. The standard InChI is InChI=1S/C25H24BrN3O6/c1-32-21-6-4-3-5-20(21)28-24(30)15-35-22-12-7-17(13-23(22)33-2)14-27-29-25(31)16-34-19-10-8-18(26)9-11-19/h3-14H,15-16H2,1-2H3,(H,28,30)(H,29,31)/b27-14-. The van der Waals surface area contributed by atoms with Gasteiger partial charge in [-0.25, -0.2) is 5.43 Å². The van der Waals surface area contributed by atoms with Gasteiger partial charge in [0.25, 0.3) is 11.8 Å². The van der Waals surface area contributed by atoms with Crippen LogP contribution in [0.1, 0.15) is 5.56 Å². The number of hydrazone groups is 1. The highest BCUT2D eigenvalue weighted by atomic mass is 79.9. The maximum absolute atomic E-state index is 12.3. The van der Waals surface area contributed by atoms with Gasteiger partial charge in [0, 0.05) is 4.47 Å². The minimum absolute atomic E-state index is 0.175. The number of carbonyl (C=O) groups is 2. The summed E-state index contributed by atoms with van der Waals surface area (Å²) in [6, 6.07) is 19.2. The fraction of sp³-hybridized carbons (Fsp3) is 0.160. The smallest absolute Gasteiger partial charge is 0.277 e. The van der Waals surface area contributed by atoms with Crippen molar-refractivity contribution in [3.05, 3.63) is 76.8 Å². The fourth-order valence-corrected chi connectivity index (χ4v) is 3.12. The lowest BCUT2D eigenvalue weighted by Crippen LogP contribution is -2.24. The molecule has 0 saturated carbocycles. The second-order valence-corrected chi connectivity index (χ2v) is 7.90. The second-order valence-electron chi connectivity index (χ2n) is 6.98. The summed E-state index contributed by atoms with van der Waals surface area (Å²) in [5.74, 6) is 1.15. The third kappa shape index (κ3) is 8.04. The number of halogens is 1. The number of nitrogens with zero attached hydrogens (tertiary/aromatic N) is 1. The largest absolute Gasteiger partial charge is 0.495 e. The van der Waals surface area contributed by atoms with Crippen LogP contribution in [0.2, 0.25) is 0 Å². The van der Waals surface area contributed by atoms with Gasteiger partial charge in [0.1, 0.15) is 11.5 Å². The summed E-state index contributed by atoms with van der Waals surface area (Å²) in [7, 11) is 3.01. The van der Waals surface area contributed by atoms with Crippen LogP contribution in [0, 0.1) is 0 Å². The first-order chi connectivity index (χ1) is 17.0. The van der Waals surface area contributed by atoms with Gasteiger partial charge in [0.05, 0.1) is 26.1 Å². The zero-order chi connectivity index (χ0) is 25.0. The van der Waals surface area contributed by atoms with Crippen LogP contribution in [0.4, 0.5) is 5.69 Å². The maximum atomic E-state index is 12.3. The van der Waals surface area contributed by atoms with Crippen molar-refractivity contribution in [3.63, 3.8) is 0 Å². The molecule has 0 aliphatic rings. The number of ether oxygens (including phenoxy) is 4. The van der Waals surface area contributed by atoms with Gasteiger partial charge >= 0.3 is 0 Å². The van der Waals surface area contributed by atoms with Crippen LogP contribution in [-0.4, -0.2) is 45.5 Å². The first kappa shape index (κ1) is 25.6. The number of rotatable bonds is 11. The van der Waals surface area contributed by atoms with Gasteiger partial charge in [0.2, 0.25) is 0 Å². The zero-order valence-corrected chi connectivity index (χ0v) is 20.7. The molecule has 182 valence electrons. The van der Waals surface area contributed by atoms with E-state index in [0.29, 0.717) is 34.2 Å². The molecule has 0 saturated heterocycles. The van der Waals surface area contributed by atoms with Crippen molar-refractivity contribution < 1.29 is 28.5 Å². The molecular formula is C25H24BrN3O6. The Kier molecular flexibility index (Phi) is 9.49. The predicted molar refractivity (Wildman–Crippen MR) is 135 cm³/mol. The number of methoxy groups -OCH3 is 2. The SMILES string of the molecule is COc1ccccc1NC(=O)COc1ccc(/C=N\NC(=O)COc2ccc(Br)cc2)cc1OC. The number of nitrogens with one attached hydrogen (secondary N) is 2. The molecule has 0 aliphatic carbocycles. The highest BCUT2D eigenvalue weighted by Crippen LogP contribution is 2.28. The molecule has 3 rings (SSSR count). The summed E-state index contributed by atoms with van der Waals surface area (Å²) in [4.78, 5) is 24.2. The normalized spacial score (nSPS) is 10.5. The maximum Gasteiger partial charge on any atom is 0.277 e. The van der Waals surface area contributed by atoms with Gasteiger partial charge in [-0.1, -0.05) is 28.1 Å². The highest BCUT2D eigenvalue weighted by molar-refractivity contribution is 9.10. The van der Waals surface area contributed by atoms with Gasteiger partial charge in [0.15, 0.2) is 24.7 Å². The van der Waals surface area contributed by atoms with Crippen molar-refractivity contribution in [1.29, 1.82) is 0 Å². The molecule has 10 heteroatoms. The molecule has 0 radical (unpaired) electrons. The third-order valence-electron chi connectivity index (χ3n) is 4.51. The molecule has 0 bridgehead atoms. The Labute approximate surface area is 211 Å². The predicted octanol–water partition coefficient (Wildman–Crippen LogP) is 4.01. The quantitative estimate of drug-likeness (QED) is 0.280. The van der Waals surface area contributed by atoms with Crippen LogP contribution in [-0.2, 0) is 9.59 Å². The van der Waals surface area contributed by atoms with Crippen molar-refractivity contribution in [2.75, 3.05) is 32.8 Å². The van der Waals surface area contributed by atoms with Gasteiger partial charge < -0.3 is 24.3 Å². The number of anilines is 1. The second kappa shape index (κ2) is 13.0. The van der Waals surface area contributed by atoms with Crippen molar-refractivity contribution >= 4 is 39.6 Å². The molecule has 0 aromatic heterocycles. The van der Waals surface area contributed by atoms with E-state index in [9.17, 15) is 9.59 Å². The molecule has 0 heterocycles. The van der Waals surface area contributed by atoms with E-state index in [1.807, 2.05) is 18.2 Å². The molecular weight excluding hydrogens is 518 g/mol. The first-order valence-corrected chi connectivity index (χ1v) is 11.2. The van der Waals surface area contributed by atoms with E-state index in [-0.39, 0.29) is 19.1 Å². The molecule has 9 nitrogen and oxygen atoms in total. The number of amides is 2. The minimum atomic E-state index is -0.405. The number of para-hydroxylation sites is 2. The number of hydrogen-bond donors (Lipinski definition) is 2. The van der Waals surface area contributed by atoms with E-state index in [0.717, 1.165) is 4.47 Å². The Balaban J connectivity index is 1.49. The summed E-state index contributed by atoms with van der Waals surface area (Å²) in [6.45, 7) is -0.401. The lowest BCUT2D eigenvalue weighted by Gasteiger charge is -2.12. The average Bonchev–Trinajstić information content (AvgIpc) is 2.87. The van der Waals surface area contributed by atoms with Crippen LogP contribution in [0.5, 0.6) is 23.0 Å². The Hall–Kier alpha value is -4.05. The molecule has 2 N–H and O–H groups in total. The van der Waals surface area contributed by atoms with Gasteiger partial charge in [-0.15, -0.1) is 0 Å². The Morgan fingerprint density at radius 3 is 2.31 bits per heavy atom. The summed E-state index contributed by atoms with van der Waals surface area (Å²) in [5, 5.41) is 6.66. The molecule has 0 unspecified atom stereocenters. The van der Waals surface area contributed by atoms with Gasteiger partial charge in [-0.3, -0.25) is 9.59 Å². The lowest BCUT2D eigenvalue weighted by molar-refractivity contribution is -0.123. The van der Waals surface area contributed by atoms with Crippen molar-refractivity contribution in [2.45, 2.75) is 0 Å². The minimum Gasteiger partial charge on any atom is -0.495 e. The molecule has 3 aromatic rings. The molecule has 2 amide bonds. The summed E-state index contributed by atoms with van der Waals surface area (Å²) < 4.78 is 22.5. The monoisotopic (exact) mass is 541 g/mol. The summed E-state index contributed by atoms with van der Waals surface area (Å²) in [6.07, 6.45) is 1.46. The third-order valence-corrected chi connectivity index (χ3v) is 5.04. The fourth-order valence-electron chi connectivity index (χ4n) is 2.85. The zero-order valence-electron chi connectivity index (χ0n) is 19.1. The van der Waals surface area contributed by atoms with E-state index >= 15 is 0 Å². The van der Waals surface area contributed by atoms with Crippen LogP contribution in [0.3, 0.4) is 0 Å². The van der Waals surface area contributed by atoms with Crippen molar-refractivity contribution in [2.24, 2.45) is 5.10 Å². The van der Waals surface area contributed by atoms with E-state index in [2.05, 4.69) is 31.8 Å². The molecule has 3 aromatic carbocycles. The summed E-state index contributed by atoms with van der Waals surface area (Å²) in [5.41, 5.74) is 3.60. The Morgan fingerprint density at radius 2 is 1.57 bits per heavy atom. The number of hydrogen-bond acceptors (Lipinski definition) is 7. The van der Waals surface area contributed by atoms with Crippen molar-refractivity contribution in [1.82, 2.24) is 5.43 Å². The molecule has 0 atom stereocenters. The molecule has 0 spiro atoms. The van der Waals surface area contributed by atoms with E-state index in [1.165, 1.54) is 20.4 Å². The topological polar surface area (TPSA) is 107 Å². The van der Waals surface area contributed by atoms with Crippen molar-refractivity contribution in [3.8, 4) is 23.0 Å². The average molecular weight is 542 g/mol. The lowest BCUT2D eigenvalue weighted by atomic mass is 10.2. The molecule has 0 fully saturated rings. The van der Waals surface area contributed by atoms with E-state index < -0.39 is 5.91 Å². The van der Waals surface area contributed by atoms with Gasteiger partial charge in [-0.05, 0) is 60.2 Å². The number of carbonyl (C=O) groups excluding carboxylic acids is 2. The van der Waals surface area contributed by atoms with Crippen LogP contribution in [0.15, 0.2) is 76.3 Å². The Bertz CT molecular complexity index is 1180. The van der Waals surface area contributed by atoms with Crippen LogP contribution in [0.25, 0.3) is 0 Å². The van der Waals surface area contributed by atoms with Crippen LogP contribution < -0.4 is 29.7 Å². The number of benzene rings is 3. The van der Waals surface area contributed by atoms with E-state index in [4.69, 9.17) is 18.9 Å². The first-order valence-electron chi connectivity index (χ1n) is 10.4. The molecule has 0 aliphatic heterocycles. The Morgan fingerprint density at radius 1 is 0.857 bits per heavy atom. The highest BCUT2D eigenvalue weighted by Gasteiger charge is 2.11. The van der Waals surface area contributed by atoms with Gasteiger partial charge in [-0.2, -0.15) is 5.10 Å². The van der Waals surface area contributed by atoms with E-state index in [1.54, 1.807) is 48.5 Å². The van der Waals surface area contributed by atoms with Crippen LogP contribution >= 0.6 is 15.9 Å². The summed E-state index contributed by atoms with van der Waals surface area (Å²) >= 11 is 3.34.